The lowest BCUT2D eigenvalue weighted by atomic mass is 10.0. The van der Waals surface area contributed by atoms with Crippen molar-refractivity contribution in [3.8, 4) is 0 Å². The molecular weight excluding hydrogens is 392 g/mol. The molecule has 0 aliphatic heterocycles. The lowest BCUT2D eigenvalue weighted by Gasteiger charge is -2.07. The highest BCUT2D eigenvalue weighted by Gasteiger charge is 2.14. The number of aryl methyl sites for hydroxylation is 1. The first-order valence-corrected chi connectivity index (χ1v) is 10.1. The Balaban J connectivity index is 1.91. The van der Waals surface area contributed by atoms with E-state index in [1.165, 1.54) is 11.3 Å². The van der Waals surface area contributed by atoms with Crippen LogP contribution in [0.15, 0.2) is 59.6 Å². The zero-order chi connectivity index (χ0) is 19.7. The molecule has 1 aromatic heterocycles. The fourth-order valence-corrected chi connectivity index (χ4v) is 4.62. The molecule has 0 aliphatic carbocycles. The summed E-state index contributed by atoms with van der Waals surface area (Å²) in [4.78, 5) is 18.2. The summed E-state index contributed by atoms with van der Waals surface area (Å²) in [6.45, 7) is 3.10. The zero-order valence-corrected chi connectivity index (χ0v) is 17.2. The molecule has 4 nitrogen and oxygen atoms in total. The second-order valence-corrected chi connectivity index (χ2v) is 7.91. The fourth-order valence-electron chi connectivity index (χ4n) is 3.35. The van der Waals surface area contributed by atoms with Gasteiger partial charge in [0.25, 0.3) is 5.91 Å². The Morgan fingerprint density at radius 1 is 1.14 bits per heavy atom. The van der Waals surface area contributed by atoms with E-state index in [1.54, 1.807) is 7.11 Å². The first kappa shape index (κ1) is 18.9. The van der Waals surface area contributed by atoms with Gasteiger partial charge in [0.2, 0.25) is 0 Å². The van der Waals surface area contributed by atoms with Gasteiger partial charge in [-0.15, -0.1) is 0 Å². The number of rotatable bonds is 4. The smallest absolute Gasteiger partial charge is 0.280 e. The third kappa shape index (κ3) is 3.37. The largest absolute Gasteiger partial charge is 0.383 e. The maximum absolute atomic E-state index is 13.1. The van der Waals surface area contributed by atoms with Crippen LogP contribution in [0.5, 0.6) is 0 Å². The van der Waals surface area contributed by atoms with E-state index >= 15 is 0 Å². The number of aromatic nitrogens is 1. The maximum atomic E-state index is 13.1. The minimum atomic E-state index is -0.252. The summed E-state index contributed by atoms with van der Waals surface area (Å²) < 4.78 is 8.33. The Kier molecular flexibility index (Phi) is 5.31. The van der Waals surface area contributed by atoms with E-state index in [-0.39, 0.29) is 5.91 Å². The third-order valence-corrected chi connectivity index (χ3v) is 6.22. The third-order valence-electron chi connectivity index (χ3n) is 4.77. The molecule has 0 N–H and O–H groups in total. The van der Waals surface area contributed by atoms with Gasteiger partial charge in [0.05, 0.1) is 16.8 Å². The van der Waals surface area contributed by atoms with Crippen molar-refractivity contribution in [1.82, 2.24) is 4.57 Å². The van der Waals surface area contributed by atoms with Gasteiger partial charge < -0.3 is 9.30 Å². The predicted octanol–water partition coefficient (Wildman–Crippen LogP) is 5.21. The molecule has 0 unspecified atom stereocenters. The van der Waals surface area contributed by atoms with Crippen molar-refractivity contribution >= 4 is 49.8 Å². The Morgan fingerprint density at radius 2 is 1.93 bits per heavy atom. The van der Waals surface area contributed by atoms with Gasteiger partial charge in [-0.05, 0) is 41.5 Å². The number of methoxy groups -OCH3 is 1. The number of amides is 1. The normalized spacial score (nSPS) is 12.2. The van der Waals surface area contributed by atoms with E-state index in [0.29, 0.717) is 28.5 Å². The van der Waals surface area contributed by atoms with Gasteiger partial charge in [-0.25, -0.2) is 0 Å². The molecule has 4 rings (SSSR count). The summed E-state index contributed by atoms with van der Waals surface area (Å²) >= 11 is 7.82. The van der Waals surface area contributed by atoms with Crippen LogP contribution < -0.4 is 4.80 Å². The molecule has 28 heavy (non-hydrogen) atoms. The molecule has 1 amide bonds. The highest BCUT2D eigenvalue weighted by molar-refractivity contribution is 7.16. The first-order chi connectivity index (χ1) is 13.6. The number of ether oxygens (including phenoxy) is 1. The maximum Gasteiger partial charge on any atom is 0.280 e. The summed E-state index contributed by atoms with van der Waals surface area (Å²) in [5.74, 6) is -0.252. The van der Waals surface area contributed by atoms with Crippen molar-refractivity contribution < 1.29 is 9.53 Å². The molecule has 1 heterocycles. The van der Waals surface area contributed by atoms with Crippen molar-refractivity contribution in [2.75, 3.05) is 13.7 Å². The average molecular weight is 411 g/mol. The van der Waals surface area contributed by atoms with Gasteiger partial charge in [0.15, 0.2) is 4.80 Å². The number of benzene rings is 3. The summed E-state index contributed by atoms with van der Waals surface area (Å²) in [6.07, 6.45) is 0. The van der Waals surface area contributed by atoms with Crippen molar-refractivity contribution in [3.05, 3.63) is 75.5 Å². The summed E-state index contributed by atoms with van der Waals surface area (Å²) in [5.41, 5.74) is 2.58. The second-order valence-electron chi connectivity index (χ2n) is 6.49. The van der Waals surface area contributed by atoms with Gasteiger partial charge in [-0.2, -0.15) is 4.99 Å². The van der Waals surface area contributed by atoms with Crippen molar-refractivity contribution in [2.45, 2.75) is 13.5 Å². The molecule has 6 heteroatoms. The fraction of sp³-hybridized carbons (Fsp3) is 0.182. The molecule has 0 spiro atoms. The van der Waals surface area contributed by atoms with Crippen molar-refractivity contribution in [3.63, 3.8) is 0 Å². The lowest BCUT2D eigenvalue weighted by molar-refractivity contribution is 0.0999. The number of carbonyl (C=O) groups is 1. The molecule has 142 valence electrons. The highest BCUT2D eigenvalue weighted by atomic mass is 35.5. The summed E-state index contributed by atoms with van der Waals surface area (Å²) in [5, 5.41) is 2.63. The predicted molar refractivity (Wildman–Crippen MR) is 115 cm³/mol. The van der Waals surface area contributed by atoms with Crippen LogP contribution in [0, 0.1) is 6.92 Å². The minimum absolute atomic E-state index is 0.252. The van der Waals surface area contributed by atoms with Crippen LogP contribution in [0.3, 0.4) is 0 Å². The average Bonchev–Trinajstić information content (AvgIpc) is 3.06. The van der Waals surface area contributed by atoms with Gasteiger partial charge >= 0.3 is 0 Å². The topological polar surface area (TPSA) is 43.6 Å². The van der Waals surface area contributed by atoms with Crippen LogP contribution in [0.2, 0.25) is 5.02 Å². The molecule has 0 saturated carbocycles. The molecule has 4 aromatic rings. The highest BCUT2D eigenvalue weighted by Crippen LogP contribution is 2.27. The first-order valence-electron chi connectivity index (χ1n) is 8.94. The molecular formula is C22H19ClN2O2S. The van der Waals surface area contributed by atoms with E-state index < -0.39 is 0 Å². The summed E-state index contributed by atoms with van der Waals surface area (Å²) in [7, 11) is 1.66. The lowest BCUT2D eigenvalue weighted by Crippen LogP contribution is -2.19. The van der Waals surface area contributed by atoms with Gasteiger partial charge in [0, 0.05) is 24.2 Å². The van der Waals surface area contributed by atoms with Crippen molar-refractivity contribution in [1.29, 1.82) is 0 Å². The Bertz CT molecular complexity index is 1250. The van der Waals surface area contributed by atoms with Crippen LogP contribution in [0.4, 0.5) is 0 Å². The SMILES string of the molecule is COCCn1c(=NC(=O)c2cccc3ccccc23)sc2ccc(Cl)c(C)c21. The number of carbonyl (C=O) groups excluding carboxylic acids is 1. The summed E-state index contributed by atoms with van der Waals surface area (Å²) in [6, 6.07) is 17.4. The van der Waals surface area contributed by atoms with Gasteiger partial charge in [-0.1, -0.05) is 59.3 Å². The monoisotopic (exact) mass is 410 g/mol. The number of hydrogen-bond acceptors (Lipinski definition) is 3. The van der Waals surface area contributed by atoms with Crippen LogP contribution in [-0.4, -0.2) is 24.2 Å². The number of fused-ring (bicyclic) bond motifs is 2. The van der Waals surface area contributed by atoms with Crippen LogP contribution >= 0.6 is 22.9 Å². The Labute approximate surface area is 171 Å². The number of hydrogen-bond donors (Lipinski definition) is 0. The molecule has 3 aromatic carbocycles. The quantitative estimate of drug-likeness (QED) is 0.463. The zero-order valence-electron chi connectivity index (χ0n) is 15.6. The second kappa shape index (κ2) is 7.87. The minimum Gasteiger partial charge on any atom is -0.383 e. The van der Waals surface area contributed by atoms with E-state index in [9.17, 15) is 4.79 Å². The molecule has 0 saturated heterocycles. The van der Waals surface area contributed by atoms with E-state index in [0.717, 1.165) is 26.6 Å². The molecule has 0 atom stereocenters. The van der Waals surface area contributed by atoms with E-state index in [1.807, 2.05) is 66.1 Å². The van der Waals surface area contributed by atoms with Gasteiger partial charge in [0.1, 0.15) is 0 Å². The Hall–Kier alpha value is -2.47. The van der Waals surface area contributed by atoms with Crippen molar-refractivity contribution in [2.24, 2.45) is 4.99 Å². The van der Waals surface area contributed by atoms with E-state index in [4.69, 9.17) is 16.3 Å². The van der Waals surface area contributed by atoms with Crippen LogP contribution in [-0.2, 0) is 11.3 Å². The number of halogens is 1. The van der Waals surface area contributed by atoms with Crippen LogP contribution in [0.1, 0.15) is 15.9 Å². The molecule has 0 bridgehead atoms. The van der Waals surface area contributed by atoms with E-state index in [2.05, 4.69) is 4.99 Å². The van der Waals surface area contributed by atoms with Crippen LogP contribution in [0.25, 0.3) is 21.0 Å². The Morgan fingerprint density at radius 3 is 2.75 bits per heavy atom. The number of thiazole rings is 1. The standard InChI is InChI=1S/C22H19ClN2O2S/c1-14-18(23)10-11-19-20(14)25(12-13-27-2)22(28-19)24-21(26)17-9-5-7-15-6-3-4-8-16(15)17/h3-11H,12-13H2,1-2H3. The van der Waals surface area contributed by atoms with Gasteiger partial charge in [-0.3, -0.25) is 4.79 Å². The molecule has 0 fully saturated rings. The molecule has 0 radical (unpaired) electrons. The molecule has 0 aliphatic rings. The number of nitrogens with zero attached hydrogens (tertiary/aromatic N) is 2.